The van der Waals surface area contributed by atoms with Crippen molar-refractivity contribution in [2.24, 2.45) is 0 Å². The van der Waals surface area contributed by atoms with Crippen molar-refractivity contribution in [1.29, 1.82) is 0 Å². The number of likely N-dealkylation sites (N-methyl/N-ethyl adjacent to an activating group) is 1. The number of rotatable bonds is 3. The molecule has 3 aromatic rings. The highest BCUT2D eigenvalue weighted by atomic mass is 16.2. The number of nitrogens with zero attached hydrogens (tertiary/aromatic N) is 6. The second-order valence-electron chi connectivity index (χ2n) is 7.79. The summed E-state index contributed by atoms with van der Waals surface area (Å²) in [5.41, 5.74) is 4.25. The van der Waals surface area contributed by atoms with Crippen LogP contribution in [0.2, 0.25) is 0 Å². The van der Waals surface area contributed by atoms with E-state index in [0.717, 1.165) is 61.4 Å². The number of imidazole rings is 1. The molecule has 0 saturated carbocycles. The van der Waals surface area contributed by atoms with E-state index >= 15 is 0 Å². The van der Waals surface area contributed by atoms with Crippen molar-refractivity contribution in [3.8, 4) is 0 Å². The zero-order valence-corrected chi connectivity index (χ0v) is 16.1. The number of hydrogen-bond acceptors (Lipinski definition) is 5. The molecule has 1 aromatic carbocycles. The highest BCUT2D eigenvalue weighted by Gasteiger charge is 2.32. The molecule has 1 atom stereocenters. The molecule has 7 nitrogen and oxygen atoms in total. The molecule has 1 fully saturated rings. The number of carbonyl (C=O) groups is 1. The maximum absolute atomic E-state index is 13.1. The van der Waals surface area contributed by atoms with E-state index in [9.17, 15) is 4.79 Å². The van der Waals surface area contributed by atoms with Gasteiger partial charge in [0.05, 0.1) is 23.4 Å². The highest BCUT2D eigenvalue weighted by molar-refractivity contribution is 5.81. The fourth-order valence-electron chi connectivity index (χ4n) is 4.34. The Bertz CT molecular complexity index is 1030. The van der Waals surface area contributed by atoms with Crippen LogP contribution in [0, 0.1) is 0 Å². The van der Waals surface area contributed by atoms with Gasteiger partial charge in [0.2, 0.25) is 5.91 Å². The molecule has 144 valence electrons. The van der Waals surface area contributed by atoms with Crippen LogP contribution in [0.15, 0.2) is 36.8 Å². The summed E-state index contributed by atoms with van der Waals surface area (Å²) in [5, 5.41) is 0. The summed E-state index contributed by atoms with van der Waals surface area (Å²) in [6.45, 7) is 2.98. The van der Waals surface area contributed by atoms with Crippen molar-refractivity contribution in [1.82, 2.24) is 29.3 Å². The van der Waals surface area contributed by atoms with Crippen molar-refractivity contribution in [3.05, 3.63) is 53.9 Å². The van der Waals surface area contributed by atoms with Crippen LogP contribution < -0.4 is 0 Å². The lowest BCUT2D eigenvalue weighted by atomic mass is 10.1. The van der Waals surface area contributed by atoms with Gasteiger partial charge in [0.15, 0.2) is 5.82 Å². The van der Waals surface area contributed by atoms with E-state index < -0.39 is 0 Å². The molecule has 2 aliphatic rings. The topological polar surface area (TPSA) is 67.2 Å². The molecule has 1 saturated heterocycles. The molecule has 1 unspecified atom stereocenters. The summed E-state index contributed by atoms with van der Waals surface area (Å²) in [6, 6.07) is 7.88. The Labute approximate surface area is 164 Å². The number of para-hydroxylation sites is 2. The molecule has 0 N–H and O–H groups in total. The first kappa shape index (κ1) is 17.3. The summed E-state index contributed by atoms with van der Waals surface area (Å²) in [7, 11) is 2.12. The van der Waals surface area contributed by atoms with Crippen LogP contribution in [0.1, 0.15) is 36.0 Å². The lowest BCUT2D eigenvalue weighted by molar-refractivity contribution is -0.132. The molecule has 2 aromatic heterocycles. The second kappa shape index (κ2) is 6.98. The van der Waals surface area contributed by atoms with E-state index in [1.807, 2.05) is 39.9 Å². The molecule has 0 bridgehead atoms. The Morgan fingerprint density at radius 3 is 3.04 bits per heavy atom. The monoisotopic (exact) mass is 376 g/mol. The first-order chi connectivity index (χ1) is 13.7. The van der Waals surface area contributed by atoms with Gasteiger partial charge in [0.1, 0.15) is 6.54 Å². The predicted octanol–water partition coefficient (Wildman–Crippen LogP) is 2.18. The smallest absolute Gasteiger partial charge is 0.243 e. The van der Waals surface area contributed by atoms with Crippen molar-refractivity contribution in [2.45, 2.75) is 38.4 Å². The fraction of sp³-hybridized carbons (Fsp3) is 0.429. The Morgan fingerprint density at radius 1 is 1.21 bits per heavy atom. The van der Waals surface area contributed by atoms with Crippen LogP contribution in [0.5, 0.6) is 0 Å². The first-order valence-corrected chi connectivity index (χ1v) is 9.91. The van der Waals surface area contributed by atoms with E-state index in [0.29, 0.717) is 6.54 Å². The van der Waals surface area contributed by atoms with Gasteiger partial charge in [-0.15, -0.1) is 0 Å². The highest BCUT2D eigenvalue weighted by Crippen LogP contribution is 2.31. The minimum absolute atomic E-state index is 0.0211. The molecule has 2 aliphatic heterocycles. The molecule has 4 heterocycles. The molecule has 0 radical (unpaired) electrons. The average molecular weight is 376 g/mol. The summed E-state index contributed by atoms with van der Waals surface area (Å²) in [5.74, 6) is 0.899. The van der Waals surface area contributed by atoms with Crippen molar-refractivity contribution in [3.63, 3.8) is 0 Å². The normalized spacial score (nSPS) is 19.9. The standard InChI is InChI=1S/C21H24N6O/c1-25-10-8-16-15(12-25)11-22-21(24-16)19-7-4-9-27(19)20(28)13-26-14-23-17-5-2-3-6-18(17)26/h2-3,5-6,11,14,19H,4,7-10,12-13H2,1H3. The van der Waals surface area contributed by atoms with Crippen LogP contribution in [0.3, 0.4) is 0 Å². The first-order valence-electron chi connectivity index (χ1n) is 9.91. The van der Waals surface area contributed by atoms with E-state index in [1.165, 1.54) is 5.56 Å². The molecule has 0 spiro atoms. The van der Waals surface area contributed by atoms with Gasteiger partial charge in [-0.05, 0) is 32.0 Å². The SMILES string of the molecule is CN1CCc2nc(C3CCCN3C(=O)Cn3cnc4ccccc43)ncc2C1. The van der Waals surface area contributed by atoms with Crippen molar-refractivity contribution < 1.29 is 4.79 Å². The number of hydrogen-bond donors (Lipinski definition) is 0. The van der Waals surface area contributed by atoms with Crippen molar-refractivity contribution in [2.75, 3.05) is 20.1 Å². The number of likely N-dealkylation sites (tertiary alicyclic amines) is 1. The third-order valence-electron chi connectivity index (χ3n) is 5.85. The van der Waals surface area contributed by atoms with Crippen LogP contribution in [-0.2, 0) is 24.3 Å². The van der Waals surface area contributed by atoms with Gasteiger partial charge in [-0.3, -0.25) is 4.79 Å². The van der Waals surface area contributed by atoms with E-state index in [4.69, 9.17) is 4.98 Å². The zero-order chi connectivity index (χ0) is 19.1. The maximum Gasteiger partial charge on any atom is 0.243 e. The predicted molar refractivity (Wildman–Crippen MR) is 105 cm³/mol. The minimum atomic E-state index is -0.0211. The number of carbonyl (C=O) groups excluding carboxylic acids is 1. The summed E-state index contributed by atoms with van der Waals surface area (Å²) < 4.78 is 1.93. The Morgan fingerprint density at radius 2 is 2.11 bits per heavy atom. The summed E-state index contributed by atoms with van der Waals surface area (Å²) >= 11 is 0. The molecule has 28 heavy (non-hydrogen) atoms. The lowest BCUT2D eigenvalue weighted by Gasteiger charge is -2.27. The Hall–Kier alpha value is -2.80. The molecule has 1 amide bonds. The van der Waals surface area contributed by atoms with Gasteiger partial charge in [-0.1, -0.05) is 12.1 Å². The Balaban J connectivity index is 1.37. The third-order valence-corrected chi connectivity index (χ3v) is 5.85. The quantitative estimate of drug-likeness (QED) is 0.701. The maximum atomic E-state index is 13.1. The molecule has 5 rings (SSSR count). The van der Waals surface area contributed by atoms with Gasteiger partial charge < -0.3 is 14.4 Å². The lowest BCUT2D eigenvalue weighted by Crippen LogP contribution is -2.34. The summed E-state index contributed by atoms with van der Waals surface area (Å²) in [4.78, 5) is 31.2. The molecular weight excluding hydrogens is 352 g/mol. The van der Waals surface area contributed by atoms with E-state index in [-0.39, 0.29) is 11.9 Å². The van der Waals surface area contributed by atoms with Gasteiger partial charge >= 0.3 is 0 Å². The molecule has 0 aliphatic carbocycles. The Kier molecular flexibility index (Phi) is 4.31. The van der Waals surface area contributed by atoms with Crippen LogP contribution in [-0.4, -0.2) is 55.4 Å². The van der Waals surface area contributed by atoms with Crippen LogP contribution in [0.4, 0.5) is 0 Å². The van der Waals surface area contributed by atoms with Gasteiger partial charge in [-0.2, -0.15) is 0 Å². The van der Waals surface area contributed by atoms with Gasteiger partial charge in [-0.25, -0.2) is 15.0 Å². The fourth-order valence-corrected chi connectivity index (χ4v) is 4.34. The number of benzene rings is 1. The molecule has 7 heteroatoms. The minimum Gasteiger partial charge on any atom is -0.331 e. The number of fused-ring (bicyclic) bond motifs is 2. The largest absolute Gasteiger partial charge is 0.331 e. The number of aromatic nitrogens is 4. The summed E-state index contributed by atoms with van der Waals surface area (Å²) in [6.07, 6.45) is 6.57. The zero-order valence-electron chi connectivity index (χ0n) is 16.1. The average Bonchev–Trinajstić information content (AvgIpc) is 3.35. The van der Waals surface area contributed by atoms with Crippen LogP contribution in [0.25, 0.3) is 11.0 Å². The number of amides is 1. The molecular formula is C21H24N6O. The van der Waals surface area contributed by atoms with Gasteiger partial charge in [0, 0.05) is 43.5 Å². The third kappa shape index (κ3) is 3.05. The van der Waals surface area contributed by atoms with Crippen LogP contribution >= 0.6 is 0 Å². The van der Waals surface area contributed by atoms with Crippen molar-refractivity contribution >= 4 is 16.9 Å². The van der Waals surface area contributed by atoms with Gasteiger partial charge in [0.25, 0.3) is 0 Å². The second-order valence-corrected chi connectivity index (χ2v) is 7.79. The van der Waals surface area contributed by atoms with E-state index in [1.54, 1.807) is 6.33 Å². The van der Waals surface area contributed by atoms with E-state index in [2.05, 4.69) is 21.9 Å².